The van der Waals surface area contributed by atoms with Crippen molar-refractivity contribution in [2.24, 2.45) is 0 Å². The Bertz CT molecular complexity index is 594. The van der Waals surface area contributed by atoms with Crippen molar-refractivity contribution >= 4 is 17.7 Å². The van der Waals surface area contributed by atoms with Crippen LogP contribution in [0.3, 0.4) is 0 Å². The minimum atomic E-state index is -0.230. The summed E-state index contributed by atoms with van der Waals surface area (Å²) in [5, 5.41) is 0. The van der Waals surface area contributed by atoms with E-state index >= 15 is 0 Å². The van der Waals surface area contributed by atoms with Gasteiger partial charge in [-0.3, -0.25) is 4.79 Å². The van der Waals surface area contributed by atoms with Crippen LogP contribution in [0.5, 0.6) is 0 Å². The second kappa shape index (κ2) is 5.83. The molecule has 2 heterocycles. The van der Waals surface area contributed by atoms with Crippen LogP contribution in [0.25, 0.3) is 0 Å². The van der Waals surface area contributed by atoms with Crippen LogP contribution in [-0.4, -0.2) is 23.1 Å². The number of carbonyl (C=O) groups is 1. The number of nitrogens with zero attached hydrogens (tertiary/aromatic N) is 1. The number of thioether (sulfide) groups is 1. The van der Waals surface area contributed by atoms with E-state index in [2.05, 4.69) is 0 Å². The van der Waals surface area contributed by atoms with Crippen molar-refractivity contribution in [1.29, 1.82) is 0 Å². The summed E-state index contributed by atoms with van der Waals surface area (Å²) in [6.45, 7) is 0.703. The lowest BCUT2D eigenvalue weighted by Gasteiger charge is -2.23. The molecule has 0 bridgehead atoms. The first kappa shape index (κ1) is 13.4. The molecule has 20 heavy (non-hydrogen) atoms. The summed E-state index contributed by atoms with van der Waals surface area (Å²) >= 11 is 1.86. The van der Waals surface area contributed by atoms with Crippen LogP contribution in [0.1, 0.15) is 18.4 Å². The van der Waals surface area contributed by atoms with E-state index in [-0.39, 0.29) is 11.7 Å². The maximum atomic E-state index is 13.5. The molecule has 0 aliphatic carbocycles. The third kappa shape index (κ3) is 2.80. The number of halogens is 1. The quantitative estimate of drug-likeness (QED) is 0.849. The van der Waals surface area contributed by atoms with Crippen LogP contribution in [0.2, 0.25) is 0 Å². The maximum Gasteiger partial charge on any atom is 0.227 e. The molecule has 0 N–H and O–H groups in total. The Kier molecular flexibility index (Phi) is 3.92. The first-order valence-electron chi connectivity index (χ1n) is 6.80. The third-order valence-electron chi connectivity index (χ3n) is 3.66. The normalized spacial score (nSPS) is 17.6. The Hall–Kier alpha value is -1.55. The van der Waals surface area contributed by atoms with Crippen molar-refractivity contribution in [2.45, 2.75) is 19.3 Å². The number of aryl methyl sites for hydroxylation is 1. The van der Waals surface area contributed by atoms with Gasteiger partial charge in [0.15, 0.2) is 0 Å². The van der Waals surface area contributed by atoms with E-state index < -0.39 is 0 Å². The van der Waals surface area contributed by atoms with Gasteiger partial charge in [0.1, 0.15) is 5.82 Å². The van der Waals surface area contributed by atoms with Crippen LogP contribution < -0.4 is 0 Å². The summed E-state index contributed by atoms with van der Waals surface area (Å²) in [5.74, 6) is 0.950. The average molecular weight is 289 g/mol. The fourth-order valence-electron chi connectivity index (χ4n) is 2.51. The monoisotopic (exact) mass is 289 g/mol. The Morgan fingerprint density at radius 2 is 2.20 bits per heavy atom. The van der Waals surface area contributed by atoms with Crippen LogP contribution >= 0.6 is 11.8 Å². The van der Waals surface area contributed by atoms with Crippen molar-refractivity contribution in [3.63, 3.8) is 0 Å². The van der Waals surface area contributed by atoms with Gasteiger partial charge in [0.05, 0.1) is 0 Å². The zero-order valence-corrected chi connectivity index (χ0v) is 12.0. The highest BCUT2D eigenvalue weighted by Crippen LogP contribution is 2.35. The number of hydrogen-bond donors (Lipinski definition) is 0. The van der Waals surface area contributed by atoms with Crippen LogP contribution in [0.4, 0.5) is 4.39 Å². The Balaban J connectivity index is 1.58. The molecule has 0 unspecified atom stereocenters. The topological polar surface area (TPSA) is 20.3 Å². The lowest BCUT2D eigenvalue weighted by atomic mass is 10.1. The molecular formula is C16H16FNOS. The Morgan fingerprint density at radius 3 is 3.05 bits per heavy atom. The van der Waals surface area contributed by atoms with E-state index in [9.17, 15) is 9.18 Å². The Morgan fingerprint density at radius 1 is 1.35 bits per heavy atom. The molecule has 2 aliphatic rings. The van der Waals surface area contributed by atoms with E-state index in [1.54, 1.807) is 23.1 Å². The molecule has 0 atom stereocenters. The molecular weight excluding hydrogens is 273 g/mol. The van der Waals surface area contributed by atoms with Gasteiger partial charge in [0, 0.05) is 29.8 Å². The number of benzene rings is 1. The molecule has 1 amide bonds. The minimum Gasteiger partial charge on any atom is -0.315 e. The van der Waals surface area contributed by atoms with Crippen LogP contribution in [-0.2, 0) is 11.2 Å². The lowest BCUT2D eigenvalue weighted by molar-refractivity contribution is -0.128. The van der Waals surface area contributed by atoms with E-state index in [1.165, 1.54) is 16.5 Å². The summed E-state index contributed by atoms with van der Waals surface area (Å²) in [6, 6.07) is 6.65. The minimum absolute atomic E-state index is 0.0629. The molecule has 2 aliphatic heterocycles. The van der Waals surface area contributed by atoms with E-state index in [1.807, 2.05) is 24.0 Å². The van der Waals surface area contributed by atoms with Crippen molar-refractivity contribution in [3.05, 3.63) is 58.4 Å². The smallest absolute Gasteiger partial charge is 0.227 e. The van der Waals surface area contributed by atoms with Crippen molar-refractivity contribution in [3.8, 4) is 0 Å². The zero-order valence-electron chi connectivity index (χ0n) is 11.1. The highest BCUT2D eigenvalue weighted by Gasteiger charge is 2.22. The largest absolute Gasteiger partial charge is 0.315 e. The van der Waals surface area contributed by atoms with Gasteiger partial charge in [0.25, 0.3) is 0 Å². The lowest BCUT2D eigenvalue weighted by Crippen LogP contribution is -2.29. The molecule has 0 saturated heterocycles. The number of allylic oxidation sites excluding steroid dienone is 1. The highest BCUT2D eigenvalue weighted by atomic mass is 32.2. The van der Waals surface area contributed by atoms with Gasteiger partial charge in [-0.2, -0.15) is 0 Å². The molecule has 1 aromatic rings. The van der Waals surface area contributed by atoms with E-state index in [0.717, 1.165) is 12.2 Å². The first-order valence-corrected chi connectivity index (χ1v) is 7.78. The Labute approximate surface area is 122 Å². The fraction of sp³-hybridized carbons (Fsp3) is 0.312. The first-order chi connectivity index (χ1) is 9.74. The molecule has 4 heteroatoms. The number of carbonyl (C=O) groups excluding carboxylic acids is 1. The number of hydrogen-bond acceptors (Lipinski definition) is 2. The van der Waals surface area contributed by atoms with Gasteiger partial charge in [-0.1, -0.05) is 18.2 Å². The second-order valence-electron chi connectivity index (χ2n) is 5.00. The second-order valence-corrected chi connectivity index (χ2v) is 6.13. The molecule has 0 radical (unpaired) electrons. The van der Waals surface area contributed by atoms with Gasteiger partial charge in [0.2, 0.25) is 5.91 Å². The molecule has 0 saturated carbocycles. The standard InChI is InChI=1S/C16H16FNOS/c17-14-4-2-1-3-12(14)5-6-16(19)18-9-7-15-13(11-18)8-10-20-15/h1-4,7,9H,5-6,8,10-11H2. The summed E-state index contributed by atoms with van der Waals surface area (Å²) in [4.78, 5) is 15.3. The molecule has 2 nitrogen and oxygen atoms in total. The van der Waals surface area contributed by atoms with Gasteiger partial charge >= 0.3 is 0 Å². The zero-order chi connectivity index (χ0) is 13.9. The fourth-order valence-corrected chi connectivity index (χ4v) is 3.60. The number of amides is 1. The molecule has 0 spiro atoms. The molecule has 0 fully saturated rings. The SMILES string of the molecule is O=C(CCc1ccccc1F)N1C=CC2=C(CCS2)C1. The van der Waals surface area contributed by atoms with Gasteiger partial charge in [-0.05, 0) is 36.1 Å². The number of rotatable bonds is 3. The maximum absolute atomic E-state index is 13.5. The van der Waals surface area contributed by atoms with E-state index in [0.29, 0.717) is 24.9 Å². The van der Waals surface area contributed by atoms with E-state index in [4.69, 9.17) is 0 Å². The van der Waals surface area contributed by atoms with Crippen LogP contribution in [0, 0.1) is 5.82 Å². The van der Waals surface area contributed by atoms with Gasteiger partial charge < -0.3 is 4.90 Å². The van der Waals surface area contributed by atoms with Crippen molar-refractivity contribution in [2.75, 3.05) is 12.3 Å². The summed E-state index contributed by atoms with van der Waals surface area (Å²) in [7, 11) is 0. The molecule has 104 valence electrons. The summed E-state index contributed by atoms with van der Waals surface area (Å²) < 4.78 is 13.5. The van der Waals surface area contributed by atoms with Gasteiger partial charge in [-0.15, -0.1) is 11.8 Å². The van der Waals surface area contributed by atoms with Crippen molar-refractivity contribution < 1.29 is 9.18 Å². The molecule has 1 aromatic carbocycles. The van der Waals surface area contributed by atoms with Crippen molar-refractivity contribution in [1.82, 2.24) is 4.90 Å². The highest BCUT2D eigenvalue weighted by molar-refractivity contribution is 8.03. The predicted octanol–water partition coefficient (Wildman–Crippen LogP) is 3.51. The van der Waals surface area contributed by atoms with Crippen LogP contribution in [0.15, 0.2) is 47.0 Å². The predicted molar refractivity (Wildman–Crippen MR) is 79.7 cm³/mol. The van der Waals surface area contributed by atoms with Gasteiger partial charge in [-0.25, -0.2) is 4.39 Å². The summed E-state index contributed by atoms with van der Waals surface area (Å²) in [6.07, 6.45) is 5.76. The molecule has 3 rings (SSSR count). The third-order valence-corrected chi connectivity index (χ3v) is 4.81. The average Bonchev–Trinajstić information content (AvgIpc) is 2.93. The summed E-state index contributed by atoms with van der Waals surface area (Å²) in [5.41, 5.74) is 1.97. The molecule has 0 aromatic heterocycles.